The zero-order valence-electron chi connectivity index (χ0n) is 11.7. The third kappa shape index (κ3) is 2.43. The van der Waals surface area contributed by atoms with E-state index in [4.69, 9.17) is 0 Å². The average Bonchev–Trinajstić information content (AvgIpc) is 2.38. The molecular formula is C15H18ClN3O. The van der Waals surface area contributed by atoms with Gasteiger partial charge in [0.05, 0.1) is 10.9 Å². The van der Waals surface area contributed by atoms with Gasteiger partial charge in [-0.05, 0) is 25.0 Å². The standard InChI is InChI=1S/C15H17N3O.ClH/c1-17(2)10-11-6-5-9-14-16-13-8-4-3-7-12(13)15(19)18(11)14;/h3-4,7-8,10H,5-6,9H2,1-2H3;1H. The van der Waals surface area contributed by atoms with Crippen LogP contribution in [0.5, 0.6) is 0 Å². The molecule has 0 radical (unpaired) electrons. The molecule has 3 rings (SSSR count). The number of halogens is 1. The lowest BCUT2D eigenvalue weighted by atomic mass is 10.1. The molecule has 0 spiro atoms. The van der Waals surface area contributed by atoms with E-state index in [1.54, 1.807) is 4.57 Å². The van der Waals surface area contributed by atoms with E-state index in [-0.39, 0.29) is 18.0 Å². The Labute approximate surface area is 124 Å². The Bertz CT molecular complexity index is 719. The van der Waals surface area contributed by atoms with Crippen LogP contribution >= 0.6 is 12.4 Å². The van der Waals surface area contributed by atoms with Gasteiger partial charge in [0.25, 0.3) is 5.56 Å². The van der Waals surface area contributed by atoms with Crippen molar-refractivity contribution in [1.82, 2.24) is 14.5 Å². The molecule has 0 saturated heterocycles. The van der Waals surface area contributed by atoms with Gasteiger partial charge in [-0.15, -0.1) is 12.4 Å². The van der Waals surface area contributed by atoms with Crippen molar-refractivity contribution in [3.63, 3.8) is 0 Å². The number of benzene rings is 1. The van der Waals surface area contributed by atoms with Gasteiger partial charge < -0.3 is 4.90 Å². The summed E-state index contributed by atoms with van der Waals surface area (Å²) in [6, 6.07) is 7.56. The van der Waals surface area contributed by atoms with E-state index >= 15 is 0 Å². The van der Waals surface area contributed by atoms with Crippen molar-refractivity contribution in [2.45, 2.75) is 19.3 Å². The highest BCUT2D eigenvalue weighted by Gasteiger charge is 2.18. The van der Waals surface area contributed by atoms with Gasteiger partial charge in [-0.2, -0.15) is 0 Å². The normalized spacial score (nSPS) is 15.8. The van der Waals surface area contributed by atoms with Gasteiger partial charge in [0.2, 0.25) is 0 Å². The van der Waals surface area contributed by atoms with E-state index in [0.717, 1.165) is 36.3 Å². The van der Waals surface area contributed by atoms with Crippen LogP contribution < -0.4 is 5.56 Å². The maximum Gasteiger partial charge on any atom is 0.265 e. The van der Waals surface area contributed by atoms with Crippen LogP contribution in [0.2, 0.25) is 0 Å². The van der Waals surface area contributed by atoms with Crippen LogP contribution in [0.3, 0.4) is 0 Å². The molecule has 0 atom stereocenters. The van der Waals surface area contributed by atoms with Gasteiger partial charge >= 0.3 is 0 Å². The van der Waals surface area contributed by atoms with Crippen molar-refractivity contribution < 1.29 is 0 Å². The lowest BCUT2D eigenvalue weighted by Crippen LogP contribution is -2.28. The van der Waals surface area contributed by atoms with E-state index in [0.29, 0.717) is 5.39 Å². The number of para-hydroxylation sites is 1. The number of nitrogens with zero attached hydrogens (tertiary/aromatic N) is 3. The lowest BCUT2D eigenvalue weighted by molar-refractivity contribution is 0.552. The fourth-order valence-corrected chi connectivity index (χ4v) is 2.60. The van der Waals surface area contributed by atoms with Crippen molar-refractivity contribution in [3.05, 3.63) is 46.6 Å². The van der Waals surface area contributed by atoms with Crippen molar-refractivity contribution in [3.8, 4) is 0 Å². The van der Waals surface area contributed by atoms with Crippen LogP contribution in [0.15, 0.2) is 35.3 Å². The van der Waals surface area contributed by atoms with Gasteiger partial charge in [-0.3, -0.25) is 9.36 Å². The van der Waals surface area contributed by atoms with Crippen molar-refractivity contribution in [1.29, 1.82) is 0 Å². The minimum atomic E-state index is 0. The zero-order chi connectivity index (χ0) is 13.4. The van der Waals surface area contributed by atoms with Gasteiger partial charge in [0, 0.05) is 32.4 Å². The molecular weight excluding hydrogens is 274 g/mol. The molecule has 1 aromatic carbocycles. The van der Waals surface area contributed by atoms with Crippen LogP contribution in [0.1, 0.15) is 18.7 Å². The SMILES string of the molecule is CN(C)C=C1CCCc2nc3ccccc3c(=O)n21.Cl. The molecule has 0 unspecified atom stereocenters. The van der Waals surface area contributed by atoms with Crippen LogP contribution in [0.25, 0.3) is 16.6 Å². The maximum atomic E-state index is 12.6. The molecule has 0 saturated carbocycles. The Morgan fingerprint density at radius 3 is 2.75 bits per heavy atom. The highest BCUT2D eigenvalue weighted by atomic mass is 35.5. The first-order chi connectivity index (χ1) is 9.16. The Morgan fingerprint density at radius 1 is 1.25 bits per heavy atom. The van der Waals surface area contributed by atoms with Crippen molar-refractivity contribution >= 4 is 29.0 Å². The average molecular weight is 292 g/mol. The summed E-state index contributed by atoms with van der Waals surface area (Å²) in [5, 5.41) is 0.692. The van der Waals surface area contributed by atoms with E-state index in [1.165, 1.54) is 0 Å². The quantitative estimate of drug-likeness (QED) is 0.810. The summed E-state index contributed by atoms with van der Waals surface area (Å²) < 4.78 is 1.78. The second kappa shape index (κ2) is 5.67. The monoisotopic (exact) mass is 291 g/mol. The summed E-state index contributed by atoms with van der Waals surface area (Å²) in [6.45, 7) is 0. The van der Waals surface area contributed by atoms with Gasteiger partial charge in [-0.1, -0.05) is 12.1 Å². The largest absolute Gasteiger partial charge is 0.382 e. The number of aromatic nitrogens is 2. The van der Waals surface area contributed by atoms with Crippen molar-refractivity contribution in [2.75, 3.05) is 14.1 Å². The second-order valence-corrected chi connectivity index (χ2v) is 5.12. The maximum absolute atomic E-state index is 12.6. The zero-order valence-corrected chi connectivity index (χ0v) is 12.5. The molecule has 20 heavy (non-hydrogen) atoms. The summed E-state index contributed by atoms with van der Waals surface area (Å²) >= 11 is 0. The summed E-state index contributed by atoms with van der Waals surface area (Å²) in [6.07, 6.45) is 4.85. The Balaban J connectivity index is 0.00000147. The number of rotatable bonds is 1. The summed E-state index contributed by atoms with van der Waals surface area (Å²) in [5.74, 6) is 0.878. The second-order valence-electron chi connectivity index (χ2n) is 5.12. The number of fused-ring (bicyclic) bond motifs is 2. The third-order valence-electron chi connectivity index (χ3n) is 3.37. The number of hydrogen-bond donors (Lipinski definition) is 0. The first kappa shape index (κ1) is 14.6. The predicted octanol–water partition coefficient (Wildman–Crippen LogP) is 2.51. The minimum absolute atomic E-state index is 0. The molecule has 0 fully saturated rings. The fourth-order valence-electron chi connectivity index (χ4n) is 2.60. The molecule has 4 nitrogen and oxygen atoms in total. The van der Waals surface area contributed by atoms with Crippen LogP contribution in [-0.2, 0) is 6.42 Å². The highest BCUT2D eigenvalue weighted by molar-refractivity contribution is 5.85. The van der Waals surface area contributed by atoms with E-state index < -0.39 is 0 Å². The van der Waals surface area contributed by atoms with Crippen molar-refractivity contribution in [2.24, 2.45) is 0 Å². The molecule has 5 heteroatoms. The van der Waals surface area contributed by atoms with Gasteiger partial charge in [-0.25, -0.2) is 4.98 Å². The first-order valence-electron chi connectivity index (χ1n) is 6.55. The summed E-state index contributed by atoms with van der Waals surface area (Å²) in [4.78, 5) is 19.2. The molecule has 0 N–H and O–H groups in total. The minimum Gasteiger partial charge on any atom is -0.382 e. The molecule has 1 aliphatic heterocycles. The Kier molecular flexibility index (Phi) is 4.14. The topological polar surface area (TPSA) is 38.1 Å². The van der Waals surface area contributed by atoms with Crippen LogP contribution in [0, 0.1) is 0 Å². The number of allylic oxidation sites excluding steroid dienone is 1. The Morgan fingerprint density at radius 2 is 2.00 bits per heavy atom. The lowest BCUT2D eigenvalue weighted by Gasteiger charge is -2.22. The van der Waals surface area contributed by atoms with Gasteiger partial charge in [0.1, 0.15) is 5.82 Å². The molecule has 1 aromatic heterocycles. The smallest absolute Gasteiger partial charge is 0.265 e. The molecule has 106 valence electrons. The molecule has 1 aliphatic rings. The third-order valence-corrected chi connectivity index (χ3v) is 3.37. The molecule has 0 bridgehead atoms. The molecule has 0 amide bonds. The fraction of sp³-hybridized carbons (Fsp3) is 0.333. The highest BCUT2D eigenvalue weighted by Crippen LogP contribution is 2.22. The summed E-state index contributed by atoms with van der Waals surface area (Å²) in [7, 11) is 3.95. The molecule has 0 aliphatic carbocycles. The summed E-state index contributed by atoms with van der Waals surface area (Å²) in [5.41, 5.74) is 1.88. The van der Waals surface area contributed by atoms with E-state index in [1.807, 2.05) is 49.5 Å². The van der Waals surface area contributed by atoms with Crippen LogP contribution in [-0.4, -0.2) is 28.5 Å². The van der Waals surface area contributed by atoms with Crippen LogP contribution in [0.4, 0.5) is 0 Å². The predicted molar refractivity (Wildman–Crippen MR) is 84.1 cm³/mol. The number of aryl methyl sites for hydroxylation is 1. The Hall–Kier alpha value is -1.81. The number of hydrogen-bond acceptors (Lipinski definition) is 3. The van der Waals surface area contributed by atoms with Gasteiger partial charge in [0.15, 0.2) is 0 Å². The van der Waals surface area contributed by atoms with E-state index in [9.17, 15) is 4.79 Å². The molecule has 2 heterocycles. The van der Waals surface area contributed by atoms with E-state index in [2.05, 4.69) is 4.98 Å². The first-order valence-corrected chi connectivity index (χ1v) is 6.55. The molecule has 2 aromatic rings.